The lowest BCUT2D eigenvalue weighted by Gasteiger charge is -2.16. The zero-order valence-corrected chi connectivity index (χ0v) is 12.3. The predicted molar refractivity (Wildman–Crippen MR) is 77.6 cm³/mol. The number of benzene rings is 1. The van der Waals surface area contributed by atoms with Crippen LogP contribution in [0.1, 0.15) is 49.9 Å². The van der Waals surface area contributed by atoms with Crippen molar-refractivity contribution in [1.82, 2.24) is 0 Å². The second-order valence-electron chi connectivity index (χ2n) is 5.88. The molecule has 1 aromatic carbocycles. The summed E-state index contributed by atoms with van der Waals surface area (Å²) >= 11 is 0. The van der Waals surface area contributed by atoms with Gasteiger partial charge in [-0.15, -0.1) is 0 Å². The van der Waals surface area contributed by atoms with E-state index in [1.165, 1.54) is 0 Å². The van der Waals surface area contributed by atoms with Crippen LogP contribution < -0.4 is 0 Å². The first-order chi connectivity index (χ1) is 8.99. The molecular weight excluding hydrogens is 232 g/mol. The Morgan fingerprint density at radius 2 is 1.53 bits per heavy atom. The third-order valence-corrected chi connectivity index (χ3v) is 3.12. The van der Waals surface area contributed by atoms with Gasteiger partial charge in [-0.2, -0.15) is 10.5 Å². The Hall–Kier alpha value is -1.80. The summed E-state index contributed by atoms with van der Waals surface area (Å²) in [5, 5.41) is 18.4. The summed E-state index contributed by atoms with van der Waals surface area (Å²) in [6.45, 7) is 8.61. The van der Waals surface area contributed by atoms with E-state index in [1.807, 2.05) is 12.1 Å². The molecule has 0 fully saturated rings. The lowest BCUT2D eigenvalue weighted by Crippen LogP contribution is -2.07. The van der Waals surface area contributed by atoms with Crippen LogP contribution in [-0.4, -0.2) is 0 Å². The zero-order valence-electron chi connectivity index (χ0n) is 12.3. The molecule has 0 aliphatic heterocycles. The molecular formula is C17H22N2. The number of hydrogen-bond acceptors (Lipinski definition) is 2. The van der Waals surface area contributed by atoms with Crippen LogP contribution in [0.5, 0.6) is 0 Å². The molecule has 1 rings (SSSR count). The highest BCUT2D eigenvalue weighted by atomic mass is 14.3. The summed E-state index contributed by atoms with van der Waals surface area (Å²) in [5.41, 5.74) is 4.02. The second kappa shape index (κ2) is 6.95. The first-order valence-electron chi connectivity index (χ1n) is 6.90. The first kappa shape index (κ1) is 15.3. The highest BCUT2D eigenvalue weighted by molar-refractivity contribution is 5.49. The highest BCUT2D eigenvalue weighted by Crippen LogP contribution is 2.24. The van der Waals surface area contributed by atoms with Gasteiger partial charge < -0.3 is 0 Å². The van der Waals surface area contributed by atoms with Crippen LogP contribution in [-0.2, 0) is 19.3 Å². The Morgan fingerprint density at radius 3 is 2.00 bits per heavy atom. The molecule has 100 valence electrons. The fraction of sp³-hybridized carbons (Fsp3) is 0.529. The van der Waals surface area contributed by atoms with Gasteiger partial charge in [0.15, 0.2) is 0 Å². The smallest absolute Gasteiger partial charge is 0.0997 e. The van der Waals surface area contributed by atoms with Crippen molar-refractivity contribution < 1.29 is 0 Å². The van der Waals surface area contributed by atoms with Crippen molar-refractivity contribution in [2.75, 3.05) is 0 Å². The van der Waals surface area contributed by atoms with E-state index < -0.39 is 0 Å². The van der Waals surface area contributed by atoms with E-state index in [0.717, 1.165) is 35.1 Å². The Bertz CT molecular complexity index is 513. The topological polar surface area (TPSA) is 47.6 Å². The van der Waals surface area contributed by atoms with Gasteiger partial charge in [-0.3, -0.25) is 0 Å². The second-order valence-corrected chi connectivity index (χ2v) is 5.88. The number of rotatable bonds is 5. The van der Waals surface area contributed by atoms with Crippen molar-refractivity contribution in [2.45, 2.75) is 47.0 Å². The van der Waals surface area contributed by atoms with E-state index in [0.29, 0.717) is 18.3 Å². The Morgan fingerprint density at radius 1 is 0.947 bits per heavy atom. The third-order valence-electron chi connectivity index (χ3n) is 3.12. The van der Waals surface area contributed by atoms with Crippen molar-refractivity contribution in [3.8, 4) is 12.1 Å². The molecule has 2 heteroatoms. The van der Waals surface area contributed by atoms with Gasteiger partial charge in [0.05, 0.1) is 24.1 Å². The highest BCUT2D eigenvalue weighted by Gasteiger charge is 2.15. The van der Waals surface area contributed by atoms with Crippen LogP contribution in [0.4, 0.5) is 0 Å². The van der Waals surface area contributed by atoms with Crippen molar-refractivity contribution in [3.05, 3.63) is 34.4 Å². The van der Waals surface area contributed by atoms with Crippen molar-refractivity contribution >= 4 is 0 Å². The van der Waals surface area contributed by atoms with Crippen molar-refractivity contribution in [3.63, 3.8) is 0 Å². The van der Waals surface area contributed by atoms with E-state index in [9.17, 15) is 5.26 Å². The SMILES string of the molecule is CC(C)Cc1ccc(CC#N)c(CC(C)C)c1C#N. The van der Waals surface area contributed by atoms with Gasteiger partial charge >= 0.3 is 0 Å². The van der Waals surface area contributed by atoms with E-state index in [1.54, 1.807) is 0 Å². The minimum absolute atomic E-state index is 0.388. The van der Waals surface area contributed by atoms with Crippen molar-refractivity contribution in [2.24, 2.45) is 11.8 Å². The zero-order chi connectivity index (χ0) is 14.4. The summed E-state index contributed by atoms with van der Waals surface area (Å²) < 4.78 is 0. The Balaban J connectivity index is 3.33. The number of nitrogens with zero attached hydrogens (tertiary/aromatic N) is 2. The van der Waals surface area contributed by atoms with Crippen LogP contribution in [0.2, 0.25) is 0 Å². The molecule has 0 saturated heterocycles. The normalized spacial score (nSPS) is 10.5. The van der Waals surface area contributed by atoms with E-state index in [2.05, 4.69) is 39.8 Å². The third kappa shape index (κ3) is 4.11. The van der Waals surface area contributed by atoms with Crippen LogP contribution >= 0.6 is 0 Å². The average Bonchev–Trinajstić information content (AvgIpc) is 2.31. The average molecular weight is 254 g/mol. The molecule has 1 aromatic rings. The van der Waals surface area contributed by atoms with Crippen LogP contribution in [0.25, 0.3) is 0 Å². The lowest BCUT2D eigenvalue weighted by atomic mass is 9.87. The molecule has 0 saturated carbocycles. The number of hydrogen-bond donors (Lipinski definition) is 0. The molecule has 0 unspecified atom stereocenters. The Labute approximate surface area is 116 Å². The van der Waals surface area contributed by atoms with E-state index in [4.69, 9.17) is 5.26 Å². The molecule has 0 bridgehead atoms. The van der Waals surface area contributed by atoms with Crippen molar-refractivity contribution in [1.29, 1.82) is 10.5 Å². The fourth-order valence-electron chi connectivity index (χ4n) is 2.38. The molecule has 0 aromatic heterocycles. The van der Waals surface area contributed by atoms with Crippen LogP contribution in [0.15, 0.2) is 12.1 Å². The van der Waals surface area contributed by atoms with Gasteiger partial charge in [0.2, 0.25) is 0 Å². The van der Waals surface area contributed by atoms with Gasteiger partial charge in [-0.05, 0) is 41.4 Å². The molecule has 2 nitrogen and oxygen atoms in total. The largest absolute Gasteiger partial charge is 0.198 e. The molecule has 0 spiro atoms. The summed E-state index contributed by atoms with van der Waals surface area (Å²) in [6.07, 6.45) is 2.17. The quantitative estimate of drug-likeness (QED) is 0.796. The monoisotopic (exact) mass is 254 g/mol. The minimum Gasteiger partial charge on any atom is -0.198 e. The van der Waals surface area contributed by atoms with Gasteiger partial charge in [0, 0.05) is 0 Å². The van der Waals surface area contributed by atoms with Crippen LogP contribution in [0.3, 0.4) is 0 Å². The van der Waals surface area contributed by atoms with Gasteiger partial charge in [-0.1, -0.05) is 39.8 Å². The molecule has 0 N–H and O–H groups in total. The molecule has 19 heavy (non-hydrogen) atoms. The fourth-order valence-corrected chi connectivity index (χ4v) is 2.38. The molecule has 0 radical (unpaired) electrons. The van der Waals surface area contributed by atoms with Gasteiger partial charge in [0.1, 0.15) is 0 Å². The lowest BCUT2D eigenvalue weighted by molar-refractivity contribution is 0.631. The van der Waals surface area contributed by atoms with Gasteiger partial charge in [-0.25, -0.2) is 0 Å². The first-order valence-corrected chi connectivity index (χ1v) is 6.90. The summed E-state index contributed by atoms with van der Waals surface area (Å²) in [4.78, 5) is 0. The maximum atomic E-state index is 9.48. The maximum Gasteiger partial charge on any atom is 0.0997 e. The summed E-state index contributed by atoms with van der Waals surface area (Å²) in [5.74, 6) is 1.01. The van der Waals surface area contributed by atoms with Crippen LogP contribution in [0, 0.1) is 34.5 Å². The molecule has 0 amide bonds. The Kier molecular flexibility index (Phi) is 5.58. The molecule has 0 aliphatic rings. The summed E-state index contributed by atoms with van der Waals surface area (Å²) in [7, 11) is 0. The predicted octanol–water partition coefficient (Wildman–Crippen LogP) is 4.02. The van der Waals surface area contributed by atoms with E-state index >= 15 is 0 Å². The number of nitriles is 2. The molecule has 0 atom stereocenters. The van der Waals surface area contributed by atoms with E-state index in [-0.39, 0.29) is 0 Å². The minimum atomic E-state index is 0.388. The summed E-state index contributed by atoms with van der Waals surface area (Å²) in [6, 6.07) is 8.61. The molecule has 0 heterocycles. The maximum absolute atomic E-state index is 9.48. The molecule has 0 aliphatic carbocycles. The van der Waals surface area contributed by atoms with Gasteiger partial charge in [0.25, 0.3) is 0 Å². The standard InChI is InChI=1S/C17H22N2/c1-12(2)9-15-6-5-14(7-8-18)16(10-13(3)4)17(15)11-19/h5-6,12-13H,7,9-10H2,1-4H3.